The number of methoxy groups -OCH3 is 1. The Morgan fingerprint density at radius 3 is 2.24 bits per heavy atom. The van der Waals surface area contributed by atoms with Crippen molar-refractivity contribution in [1.82, 2.24) is 0 Å². The molecule has 17 heavy (non-hydrogen) atoms. The fourth-order valence-electron chi connectivity index (χ4n) is 1.76. The molecule has 0 amide bonds. The number of aryl methyl sites for hydroxylation is 1. The Balaban J connectivity index is 3.56. The molecule has 0 atom stereocenters. The zero-order valence-corrected chi connectivity index (χ0v) is 12.9. The highest BCUT2D eigenvalue weighted by molar-refractivity contribution is 9.10. The Morgan fingerprint density at radius 1 is 1.29 bits per heavy atom. The normalized spacial score (nSPS) is 11.5. The lowest BCUT2D eigenvalue weighted by atomic mass is 9.84. The van der Waals surface area contributed by atoms with Gasteiger partial charge in [-0.05, 0) is 31.0 Å². The van der Waals surface area contributed by atoms with Crippen LogP contribution >= 0.6 is 15.9 Å². The first-order valence-corrected chi connectivity index (χ1v) is 6.38. The number of ketones is 1. The molecule has 0 aliphatic heterocycles. The summed E-state index contributed by atoms with van der Waals surface area (Å²) in [5.74, 6) is 0.793. The average Bonchev–Trinajstić information content (AvgIpc) is 2.20. The third-order valence-corrected chi connectivity index (χ3v) is 3.60. The minimum absolute atomic E-state index is 0.108. The van der Waals surface area contributed by atoms with E-state index in [0.717, 1.165) is 15.6 Å². The van der Waals surface area contributed by atoms with E-state index < -0.39 is 5.41 Å². The molecule has 0 saturated carbocycles. The third kappa shape index (κ3) is 2.71. The van der Waals surface area contributed by atoms with Crippen molar-refractivity contribution < 1.29 is 9.53 Å². The van der Waals surface area contributed by atoms with Crippen LogP contribution in [0.15, 0.2) is 10.5 Å². The maximum atomic E-state index is 12.5. The number of ether oxygens (including phenoxy) is 1. The molecule has 3 heteroatoms. The van der Waals surface area contributed by atoms with E-state index in [1.807, 2.05) is 40.7 Å². The second kappa shape index (κ2) is 4.81. The molecule has 0 bridgehead atoms. The van der Waals surface area contributed by atoms with Crippen LogP contribution in [0, 0.1) is 19.3 Å². The maximum Gasteiger partial charge on any atom is 0.172 e. The number of halogens is 1. The smallest absolute Gasteiger partial charge is 0.172 e. The van der Waals surface area contributed by atoms with Crippen molar-refractivity contribution in [3.05, 3.63) is 27.2 Å². The summed E-state index contributed by atoms with van der Waals surface area (Å²) in [6.45, 7) is 9.65. The highest BCUT2D eigenvalue weighted by Gasteiger charge is 2.28. The summed E-state index contributed by atoms with van der Waals surface area (Å²) in [4.78, 5) is 12.5. The number of rotatable bonds is 2. The molecule has 0 heterocycles. The first-order chi connectivity index (χ1) is 7.70. The van der Waals surface area contributed by atoms with Crippen molar-refractivity contribution in [3.63, 3.8) is 0 Å². The number of carbonyl (C=O) groups excluding carboxylic acids is 1. The van der Waals surface area contributed by atoms with Gasteiger partial charge in [0, 0.05) is 9.89 Å². The molecule has 2 nitrogen and oxygen atoms in total. The maximum absolute atomic E-state index is 12.5. The number of Topliss-reactive ketones (excluding diaryl/α,β-unsaturated/α-hetero) is 1. The van der Waals surface area contributed by atoms with Gasteiger partial charge in [0.2, 0.25) is 0 Å². The first kappa shape index (κ1) is 14.2. The van der Waals surface area contributed by atoms with Gasteiger partial charge in [-0.2, -0.15) is 0 Å². The summed E-state index contributed by atoms with van der Waals surface area (Å²) in [6.07, 6.45) is 0. The SMILES string of the molecule is COc1c(C)cc(Br)c(C)c1C(=O)C(C)(C)C. The van der Waals surface area contributed by atoms with Crippen LogP contribution in [0.2, 0.25) is 0 Å². The van der Waals surface area contributed by atoms with Crippen molar-refractivity contribution in [2.45, 2.75) is 34.6 Å². The summed E-state index contributed by atoms with van der Waals surface area (Å²) in [7, 11) is 1.61. The van der Waals surface area contributed by atoms with Gasteiger partial charge < -0.3 is 4.74 Å². The molecule has 0 aliphatic carbocycles. The second-order valence-electron chi connectivity index (χ2n) is 5.29. The van der Waals surface area contributed by atoms with E-state index in [0.29, 0.717) is 11.3 Å². The number of hydrogen-bond acceptors (Lipinski definition) is 2. The van der Waals surface area contributed by atoms with Crippen molar-refractivity contribution in [3.8, 4) is 5.75 Å². The van der Waals surface area contributed by atoms with Crippen LogP contribution in [-0.4, -0.2) is 12.9 Å². The van der Waals surface area contributed by atoms with Crippen molar-refractivity contribution in [1.29, 1.82) is 0 Å². The van der Waals surface area contributed by atoms with Gasteiger partial charge in [0.25, 0.3) is 0 Å². The molecule has 0 N–H and O–H groups in total. The summed E-state index contributed by atoms with van der Waals surface area (Å²) < 4.78 is 6.33. The predicted molar refractivity (Wildman–Crippen MR) is 74.0 cm³/mol. The monoisotopic (exact) mass is 298 g/mol. The molecule has 1 aromatic carbocycles. The number of hydrogen-bond donors (Lipinski definition) is 0. The molecular weight excluding hydrogens is 280 g/mol. The van der Waals surface area contributed by atoms with Gasteiger partial charge in [-0.15, -0.1) is 0 Å². The van der Waals surface area contributed by atoms with Gasteiger partial charge in [-0.1, -0.05) is 36.7 Å². The lowest BCUT2D eigenvalue weighted by Gasteiger charge is -2.22. The standard InChI is InChI=1S/C14H19BrO2/c1-8-7-10(15)9(2)11(12(8)17-6)13(16)14(3,4)5/h7H,1-6H3. The molecule has 0 unspecified atom stereocenters. The highest BCUT2D eigenvalue weighted by atomic mass is 79.9. The summed E-state index contributed by atoms with van der Waals surface area (Å²) in [5, 5.41) is 0. The van der Waals surface area contributed by atoms with Crippen molar-refractivity contribution in [2.24, 2.45) is 5.41 Å². The van der Waals surface area contributed by atoms with Crippen LogP contribution in [0.25, 0.3) is 0 Å². The lowest BCUT2D eigenvalue weighted by molar-refractivity contribution is 0.0854. The number of benzene rings is 1. The highest BCUT2D eigenvalue weighted by Crippen LogP contribution is 2.36. The third-order valence-electron chi connectivity index (χ3n) is 2.77. The quantitative estimate of drug-likeness (QED) is 0.761. The average molecular weight is 299 g/mol. The molecule has 0 fully saturated rings. The molecule has 0 radical (unpaired) electrons. The van der Waals surface area contributed by atoms with Crippen LogP contribution in [0.4, 0.5) is 0 Å². The van der Waals surface area contributed by atoms with Crippen LogP contribution in [0.3, 0.4) is 0 Å². The van der Waals surface area contributed by atoms with Gasteiger partial charge in [0.1, 0.15) is 5.75 Å². The van der Waals surface area contributed by atoms with E-state index in [-0.39, 0.29) is 5.78 Å². The van der Waals surface area contributed by atoms with Crippen LogP contribution in [0.1, 0.15) is 42.3 Å². The van der Waals surface area contributed by atoms with Gasteiger partial charge in [0.05, 0.1) is 12.7 Å². The van der Waals surface area contributed by atoms with E-state index in [4.69, 9.17) is 4.74 Å². The van der Waals surface area contributed by atoms with E-state index in [9.17, 15) is 4.79 Å². The lowest BCUT2D eigenvalue weighted by Crippen LogP contribution is -2.22. The zero-order chi connectivity index (χ0) is 13.4. The minimum atomic E-state index is -0.411. The summed E-state index contributed by atoms with van der Waals surface area (Å²) >= 11 is 3.49. The Hall–Kier alpha value is -0.830. The van der Waals surface area contributed by atoms with Crippen molar-refractivity contribution >= 4 is 21.7 Å². The van der Waals surface area contributed by atoms with E-state index in [1.165, 1.54) is 0 Å². The fraction of sp³-hybridized carbons (Fsp3) is 0.500. The Bertz CT molecular complexity index is 456. The van der Waals surface area contributed by atoms with Gasteiger partial charge in [-0.3, -0.25) is 4.79 Å². The Kier molecular flexibility index (Phi) is 4.03. The van der Waals surface area contributed by atoms with Crippen molar-refractivity contribution in [2.75, 3.05) is 7.11 Å². The Morgan fingerprint density at radius 2 is 1.82 bits per heavy atom. The molecule has 0 aliphatic rings. The van der Waals surface area contributed by atoms with Gasteiger partial charge in [-0.25, -0.2) is 0 Å². The first-order valence-electron chi connectivity index (χ1n) is 5.58. The van der Waals surface area contributed by atoms with Crippen LogP contribution in [0.5, 0.6) is 5.75 Å². The van der Waals surface area contributed by atoms with E-state index in [1.54, 1.807) is 7.11 Å². The van der Waals surface area contributed by atoms with E-state index >= 15 is 0 Å². The summed E-state index contributed by atoms with van der Waals surface area (Å²) in [5.41, 5.74) is 2.18. The Labute approximate surface area is 111 Å². The molecule has 0 aromatic heterocycles. The molecular formula is C14H19BrO2. The van der Waals surface area contributed by atoms with Gasteiger partial charge >= 0.3 is 0 Å². The molecule has 0 spiro atoms. The number of carbonyl (C=O) groups is 1. The molecule has 94 valence electrons. The molecule has 0 saturated heterocycles. The molecule has 1 rings (SSSR count). The second-order valence-corrected chi connectivity index (χ2v) is 6.14. The molecule has 1 aromatic rings. The van der Waals surface area contributed by atoms with E-state index in [2.05, 4.69) is 15.9 Å². The summed E-state index contributed by atoms with van der Waals surface area (Å²) in [6, 6.07) is 1.98. The largest absolute Gasteiger partial charge is 0.496 e. The van der Waals surface area contributed by atoms with Crippen LogP contribution in [-0.2, 0) is 0 Å². The fourth-order valence-corrected chi connectivity index (χ4v) is 2.30. The topological polar surface area (TPSA) is 26.3 Å². The minimum Gasteiger partial charge on any atom is -0.496 e. The van der Waals surface area contributed by atoms with Crippen LogP contribution < -0.4 is 4.74 Å². The zero-order valence-electron chi connectivity index (χ0n) is 11.3. The predicted octanol–water partition coefficient (Wildman–Crippen LogP) is 4.30. The van der Waals surface area contributed by atoms with Gasteiger partial charge in [0.15, 0.2) is 5.78 Å².